The van der Waals surface area contributed by atoms with Gasteiger partial charge in [-0.3, -0.25) is 10.1 Å². The van der Waals surface area contributed by atoms with Gasteiger partial charge in [0.25, 0.3) is 0 Å². The quantitative estimate of drug-likeness (QED) is 0.179. The minimum atomic E-state index is -0.869. The Labute approximate surface area is 237 Å². The van der Waals surface area contributed by atoms with Crippen LogP contribution in [0.5, 0.6) is 0 Å². The van der Waals surface area contributed by atoms with Crippen LogP contribution in [0.25, 0.3) is 56.0 Å². The zero-order chi connectivity index (χ0) is 28.6. The summed E-state index contributed by atoms with van der Waals surface area (Å²) in [5.74, 6) is -0.680. The molecule has 206 valence electrons. The van der Waals surface area contributed by atoms with Crippen molar-refractivity contribution in [2.45, 2.75) is 12.6 Å². The van der Waals surface area contributed by atoms with Crippen molar-refractivity contribution in [2.75, 3.05) is 5.32 Å². The normalized spacial score (nSPS) is 12.2. The van der Waals surface area contributed by atoms with E-state index in [1.165, 1.54) is 18.5 Å². The third-order valence-corrected chi connectivity index (χ3v) is 6.97. The highest BCUT2D eigenvalue weighted by atomic mass is 19.1. The average molecular weight is 561 g/mol. The number of fused-ring (bicyclic) bond motifs is 2. The van der Waals surface area contributed by atoms with E-state index in [-0.39, 0.29) is 33.9 Å². The average Bonchev–Trinajstić information content (AvgIpc) is 3.63. The van der Waals surface area contributed by atoms with Crippen LogP contribution in [0, 0.1) is 11.6 Å². The monoisotopic (exact) mass is 560 g/mol. The fourth-order valence-corrected chi connectivity index (χ4v) is 5.00. The predicted molar refractivity (Wildman–Crippen MR) is 155 cm³/mol. The highest BCUT2D eigenvalue weighted by molar-refractivity contribution is 5.96. The second-order valence-electron chi connectivity index (χ2n) is 9.72. The van der Waals surface area contributed by atoms with Gasteiger partial charge >= 0.3 is 0 Å². The molecule has 42 heavy (non-hydrogen) atoms. The van der Waals surface area contributed by atoms with Crippen molar-refractivity contribution >= 4 is 27.9 Å². The lowest BCUT2D eigenvalue weighted by atomic mass is 10.1. The Kier molecular flexibility index (Phi) is 6.32. The van der Waals surface area contributed by atoms with Crippen LogP contribution in [0.15, 0.2) is 91.5 Å². The van der Waals surface area contributed by atoms with E-state index in [9.17, 15) is 9.50 Å². The first-order chi connectivity index (χ1) is 20.5. The molecule has 1 atom stereocenters. The molecular formula is C31H22F2N8O. The van der Waals surface area contributed by atoms with Gasteiger partial charge in [-0.05, 0) is 23.8 Å². The van der Waals surface area contributed by atoms with Gasteiger partial charge in [-0.1, -0.05) is 48.5 Å². The molecule has 0 aliphatic heterocycles. The maximum absolute atomic E-state index is 16.2. The van der Waals surface area contributed by atoms with E-state index in [1.807, 2.05) is 30.3 Å². The van der Waals surface area contributed by atoms with Gasteiger partial charge in [0.05, 0.1) is 22.8 Å². The SMILES string of the molecule is OC(Cc1ccccc1)Nc1cncc(-c2cnc3n[nH]c(-c4nc5nccc(-c6ccccc6F)c5[nH]4)c3c2F)c1. The number of aliphatic hydroxyl groups excluding tert-OH is 1. The number of aliphatic hydroxyl groups is 1. The van der Waals surface area contributed by atoms with Crippen molar-refractivity contribution in [3.8, 4) is 33.8 Å². The largest absolute Gasteiger partial charge is 0.373 e. The zero-order valence-electron chi connectivity index (χ0n) is 21.9. The van der Waals surface area contributed by atoms with E-state index in [0.29, 0.717) is 40.0 Å². The number of pyridine rings is 3. The fourth-order valence-electron chi connectivity index (χ4n) is 5.00. The first-order valence-corrected chi connectivity index (χ1v) is 13.1. The van der Waals surface area contributed by atoms with Crippen LogP contribution in [0.3, 0.4) is 0 Å². The summed E-state index contributed by atoms with van der Waals surface area (Å²) in [4.78, 5) is 20.6. The summed E-state index contributed by atoms with van der Waals surface area (Å²) < 4.78 is 30.8. The number of hydrogen-bond donors (Lipinski definition) is 4. The number of rotatable bonds is 7. The number of nitrogens with one attached hydrogen (secondary N) is 3. The van der Waals surface area contributed by atoms with Crippen molar-refractivity contribution in [3.05, 3.63) is 109 Å². The number of nitrogens with zero attached hydrogens (tertiary/aromatic N) is 5. The summed E-state index contributed by atoms with van der Waals surface area (Å²) in [6, 6.07) is 19.4. The number of aromatic amines is 2. The molecule has 0 fully saturated rings. The summed E-state index contributed by atoms with van der Waals surface area (Å²) in [6.45, 7) is 0. The Balaban J connectivity index is 1.25. The van der Waals surface area contributed by atoms with Crippen molar-refractivity contribution in [2.24, 2.45) is 0 Å². The zero-order valence-corrected chi connectivity index (χ0v) is 21.9. The van der Waals surface area contributed by atoms with Crippen molar-refractivity contribution in [1.82, 2.24) is 35.1 Å². The molecule has 0 aliphatic carbocycles. The van der Waals surface area contributed by atoms with E-state index < -0.39 is 12.0 Å². The van der Waals surface area contributed by atoms with Crippen molar-refractivity contribution < 1.29 is 13.9 Å². The topological polar surface area (TPSA) is 128 Å². The summed E-state index contributed by atoms with van der Waals surface area (Å²) in [5, 5.41) is 20.7. The van der Waals surface area contributed by atoms with E-state index in [0.717, 1.165) is 5.56 Å². The van der Waals surface area contributed by atoms with Crippen LogP contribution in [0.1, 0.15) is 5.56 Å². The van der Waals surface area contributed by atoms with Crippen molar-refractivity contribution in [1.29, 1.82) is 0 Å². The lowest BCUT2D eigenvalue weighted by Gasteiger charge is -2.15. The number of halogens is 2. The molecule has 9 nitrogen and oxygen atoms in total. The number of hydrogen-bond acceptors (Lipinski definition) is 7. The van der Waals surface area contributed by atoms with Crippen LogP contribution >= 0.6 is 0 Å². The van der Waals surface area contributed by atoms with Crippen LogP contribution in [0.2, 0.25) is 0 Å². The number of anilines is 1. The first kappa shape index (κ1) is 25.4. The van der Waals surface area contributed by atoms with Crippen LogP contribution in [-0.2, 0) is 6.42 Å². The highest BCUT2D eigenvalue weighted by Crippen LogP contribution is 2.35. The molecule has 5 heterocycles. The number of benzene rings is 2. The van der Waals surface area contributed by atoms with E-state index in [4.69, 9.17) is 0 Å². The van der Waals surface area contributed by atoms with E-state index in [2.05, 4.69) is 40.4 Å². The maximum Gasteiger partial charge on any atom is 0.184 e. The molecule has 0 bridgehead atoms. The molecule has 0 aliphatic rings. The summed E-state index contributed by atoms with van der Waals surface area (Å²) in [6.07, 6.45) is 5.53. The van der Waals surface area contributed by atoms with E-state index >= 15 is 4.39 Å². The van der Waals surface area contributed by atoms with Gasteiger partial charge in [-0.2, -0.15) is 5.10 Å². The summed E-state index contributed by atoms with van der Waals surface area (Å²) >= 11 is 0. The summed E-state index contributed by atoms with van der Waals surface area (Å²) in [7, 11) is 0. The molecule has 4 N–H and O–H groups in total. The molecule has 0 radical (unpaired) electrons. The van der Waals surface area contributed by atoms with Gasteiger partial charge in [0, 0.05) is 47.3 Å². The van der Waals surface area contributed by atoms with Crippen molar-refractivity contribution in [3.63, 3.8) is 0 Å². The van der Waals surface area contributed by atoms with Gasteiger partial charge in [0.2, 0.25) is 0 Å². The minimum Gasteiger partial charge on any atom is -0.373 e. The molecule has 0 amide bonds. The molecule has 0 saturated heterocycles. The van der Waals surface area contributed by atoms with Gasteiger partial charge in [-0.25, -0.2) is 23.7 Å². The third kappa shape index (κ3) is 4.61. The molecule has 0 spiro atoms. The van der Waals surface area contributed by atoms with Gasteiger partial charge in [0.1, 0.15) is 23.6 Å². The Morgan fingerprint density at radius 1 is 0.857 bits per heavy atom. The van der Waals surface area contributed by atoms with Crippen LogP contribution in [0.4, 0.5) is 14.5 Å². The number of H-pyrrole nitrogens is 2. The number of aromatic nitrogens is 7. The molecule has 1 unspecified atom stereocenters. The van der Waals surface area contributed by atoms with E-state index in [1.54, 1.807) is 42.7 Å². The molecular weight excluding hydrogens is 538 g/mol. The standard InChI is InChI=1S/C31H22F2N8O/c32-23-9-5-4-8-20(23)21-10-11-35-30-27(21)38-31(39-30)28-25-26(33)22(16-36-29(25)41-40-28)18-13-19(15-34-14-18)37-24(42)12-17-6-2-1-3-7-17/h1-11,13-16,24,37,42H,12H2,(H,35,38,39)(H,36,40,41). The summed E-state index contributed by atoms with van der Waals surface area (Å²) in [5.41, 5.74) is 4.38. The molecule has 7 rings (SSSR count). The Bertz CT molecular complexity index is 2060. The fraction of sp³-hybridized carbons (Fsp3) is 0.0645. The minimum absolute atomic E-state index is 0.126. The molecule has 2 aromatic carbocycles. The smallest absolute Gasteiger partial charge is 0.184 e. The maximum atomic E-state index is 16.2. The lowest BCUT2D eigenvalue weighted by molar-refractivity contribution is 0.204. The highest BCUT2D eigenvalue weighted by Gasteiger charge is 2.22. The number of imidazole rings is 1. The molecule has 5 aromatic heterocycles. The third-order valence-electron chi connectivity index (χ3n) is 6.97. The van der Waals surface area contributed by atoms with Gasteiger partial charge in [-0.15, -0.1) is 0 Å². The molecule has 0 saturated carbocycles. The Hall–Kier alpha value is -5.55. The second-order valence-corrected chi connectivity index (χ2v) is 9.72. The van der Waals surface area contributed by atoms with Crippen LogP contribution in [-0.4, -0.2) is 46.5 Å². The second kappa shape index (κ2) is 10.5. The van der Waals surface area contributed by atoms with Gasteiger partial charge in [0.15, 0.2) is 17.1 Å². The Morgan fingerprint density at radius 2 is 1.69 bits per heavy atom. The van der Waals surface area contributed by atoms with Crippen LogP contribution < -0.4 is 5.32 Å². The Morgan fingerprint density at radius 3 is 2.55 bits per heavy atom. The predicted octanol–water partition coefficient (Wildman–Crippen LogP) is 5.88. The lowest BCUT2D eigenvalue weighted by Crippen LogP contribution is -2.21. The van der Waals surface area contributed by atoms with Gasteiger partial charge < -0.3 is 15.4 Å². The molecule has 7 aromatic rings. The first-order valence-electron chi connectivity index (χ1n) is 13.1. The molecule has 11 heteroatoms.